The quantitative estimate of drug-likeness (QED) is 0.790. The van der Waals surface area contributed by atoms with Gasteiger partial charge < -0.3 is 20.3 Å². The maximum atomic E-state index is 11.9. The van der Waals surface area contributed by atoms with E-state index in [-0.39, 0.29) is 5.91 Å². The molecule has 1 saturated heterocycles. The van der Waals surface area contributed by atoms with Gasteiger partial charge in [0.1, 0.15) is 5.82 Å². The molecule has 0 saturated carbocycles. The highest BCUT2D eigenvalue weighted by Gasteiger charge is 2.15. The first-order valence-electron chi connectivity index (χ1n) is 6.40. The van der Waals surface area contributed by atoms with Gasteiger partial charge in [0.05, 0.1) is 13.2 Å². The first-order chi connectivity index (χ1) is 9.29. The van der Waals surface area contributed by atoms with E-state index >= 15 is 0 Å². The topological polar surface area (TPSA) is 79.4 Å². The Bertz CT molecular complexity index is 420. The number of nitrogens with one attached hydrogen (secondary N) is 2. The Hall–Kier alpha value is -1.89. The summed E-state index contributed by atoms with van der Waals surface area (Å²) in [6, 6.07) is 1.78. The smallest absolute Gasteiger partial charge is 0.224 e. The van der Waals surface area contributed by atoms with E-state index in [2.05, 4.69) is 20.6 Å². The number of morpholine rings is 1. The SMILES string of the molecule is CNc1nccc(NCCC(=O)N2CCOCC2)n1. The fourth-order valence-corrected chi connectivity index (χ4v) is 1.85. The van der Waals surface area contributed by atoms with Gasteiger partial charge in [-0.2, -0.15) is 4.98 Å². The summed E-state index contributed by atoms with van der Waals surface area (Å²) < 4.78 is 5.22. The molecule has 2 N–H and O–H groups in total. The van der Waals surface area contributed by atoms with Gasteiger partial charge in [0.25, 0.3) is 0 Å². The zero-order valence-electron chi connectivity index (χ0n) is 11.1. The summed E-state index contributed by atoms with van der Waals surface area (Å²) in [5, 5.41) is 5.99. The van der Waals surface area contributed by atoms with Crippen molar-refractivity contribution >= 4 is 17.7 Å². The van der Waals surface area contributed by atoms with Gasteiger partial charge in [-0.3, -0.25) is 4.79 Å². The second kappa shape index (κ2) is 6.89. The minimum atomic E-state index is 0.152. The Balaban J connectivity index is 1.74. The number of ether oxygens (including phenoxy) is 1. The molecule has 0 bridgehead atoms. The van der Waals surface area contributed by atoms with Crippen molar-refractivity contribution in [2.75, 3.05) is 50.5 Å². The molecule has 7 heteroatoms. The number of amides is 1. The molecule has 1 amide bonds. The molecular weight excluding hydrogens is 246 g/mol. The molecule has 1 aromatic rings. The zero-order valence-corrected chi connectivity index (χ0v) is 11.1. The van der Waals surface area contributed by atoms with Crippen molar-refractivity contribution in [2.24, 2.45) is 0 Å². The third-order valence-electron chi connectivity index (χ3n) is 2.89. The molecule has 1 fully saturated rings. The van der Waals surface area contributed by atoms with Crippen molar-refractivity contribution in [1.82, 2.24) is 14.9 Å². The molecule has 0 unspecified atom stereocenters. The standard InChI is InChI=1S/C12H19N5O2/c1-13-12-15-4-2-10(16-12)14-5-3-11(18)17-6-8-19-9-7-17/h2,4H,3,5-9H2,1H3,(H2,13,14,15,16). The number of carbonyl (C=O) groups excluding carboxylic acids is 1. The van der Waals surface area contributed by atoms with Gasteiger partial charge in [-0.05, 0) is 6.07 Å². The molecule has 104 valence electrons. The Kier molecular flexibility index (Phi) is 4.91. The molecule has 0 atom stereocenters. The van der Waals surface area contributed by atoms with E-state index in [9.17, 15) is 4.79 Å². The fraction of sp³-hybridized carbons (Fsp3) is 0.583. The predicted octanol–water partition coefficient (Wildman–Crippen LogP) is 0.179. The summed E-state index contributed by atoms with van der Waals surface area (Å²) in [7, 11) is 1.76. The number of aromatic nitrogens is 2. The van der Waals surface area contributed by atoms with Crippen LogP contribution in [0.4, 0.5) is 11.8 Å². The monoisotopic (exact) mass is 265 g/mol. The number of anilines is 2. The van der Waals surface area contributed by atoms with Crippen molar-refractivity contribution in [3.05, 3.63) is 12.3 Å². The summed E-state index contributed by atoms with van der Waals surface area (Å²) in [6.07, 6.45) is 2.13. The van der Waals surface area contributed by atoms with Gasteiger partial charge in [-0.15, -0.1) is 0 Å². The van der Waals surface area contributed by atoms with E-state index in [0.717, 1.165) is 0 Å². The number of carbonyl (C=O) groups is 1. The number of rotatable bonds is 5. The van der Waals surface area contributed by atoms with E-state index in [1.54, 1.807) is 19.3 Å². The van der Waals surface area contributed by atoms with Crippen LogP contribution in [-0.2, 0) is 9.53 Å². The Morgan fingerprint density at radius 2 is 2.26 bits per heavy atom. The van der Waals surface area contributed by atoms with Crippen molar-refractivity contribution < 1.29 is 9.53 Å². The van der Waals surface area contributed by atoms with E-state index < -0.39 is 0 Å². The number of hydrogen-bond donors (Lipinski definition) is 2. The normalized spacial score (nSPS) is 15.1. The number of nitrogens with zero attached hydrogens (tertiary/aromatic N) is 3. The van der Waals surface area contributed by atoms with Crippen LogP contribution < -0.4 is 10.6 Å². The lowest BCUT2D eigenvalue weighted by Crippen LogP contribution is -2.41. The molecule has 0 aromatic carbocycles. The third-order valence-corrected chi connectivity index (χ3v) is 2.89. The van der Waals surface area contributed by atoms with Crippen LogP contribution >= 0.6 is 0 Å². The van der Waals surface area contributed by atoms with Crippen molar-refractivity contribution in [3.8, 4) is 0 Å². The van der Waals surface area contributed by atoms with Crippen LogP contribution in [0.25, 0.3) is 0 Å². The van der Waals surface area contributed by atoms with Gasteiger partial charge in [-0.1, -0.05) is 0 Å². The van der Waals surface area contributed by atoms with Crippen LogP contribution in [0.3, 0.4) is 0 Å². The van der Waals surface area contributed by atoms with E-state index in [4.69, 9.17) is 4.74 Å². The lowest BCUT2D eigenvalue weighted by atomic mass is 10.3. The molecular formula is C12H19N5O2. The molecule has 7 nitrogen and oxygen atoms in total. The Morgan fingerprint density at radius 3 is 3.00 bits per heavy atom. The van der Waals surface area contributed by atoms with Gasteiger partial charge in [0, 0.05) is 39.3 Å². The molecule has 0 spiro atoms. The highest BCUT2D eigenvalue weighted by atomic mass is 16.5. The zero-order chi connectivity index (χ0) is 13.5. The van der Waals surface area contributed by atoms with Crippen LogP contribution in [0, 0.1) is 0 Å². The molecule has 1 aromatic heterocycles. The van der Waals surface area contributed by atoms with E-state index in [1.165, 1.54) is 0 Å². The van der Waals surface area contributed by atoms with Crippen LogP contribution in [0.2, 0.25) is 0 Å². The van der Waals surface area contributed by atoms with Gasteiger partial charge in [-0.25, -0.2) is 4.98 Å². The van der Waals surface area contributed by atoms with Gasteiger partial charge in [0.2, 0.25) is 11.9 Å². The highest BCUT2D eigenvalue weighted by Crippen LogP contribution is 2.05. The Morgan fingerprint density at radius 1 is 1.47 bits per heavy atom. The second-order valence-electron chi connectivity index (χ2n) is 4.19. The van der Waals surface area contributed by atoms with Gasteiger partial charge >= 0.3 is 0 Å². The molecule has 0 aliphatic carbocycles. The summed E-state index contributed by atoms with van der Waals surface area (Å²) in [5.74, 6) is 1.43. The molecule has 19 heavy (non-hydrogen) atoms. The summed E-state index contributed by atoms with van der Waals surface area (Å²) >= 11 is 0. The molecule has 2 rings (SSSR count). The predicted molar refractivity (Wildman–Crippen MR) is 72.1 cm³/mol. The van der Waals surface area contributed by atoms with Crippen LogP contribution in [0.1, 0.15) is 6.42 Å². The fourth-order valence-electron chi connectivity index (χ4n) is 1.85. The lowest BCUT2D eigenvalue weighted by Gasteiger charge is -2.26. The van der Waals surface area contributed by atoms with Gasteiger partial charge in [0.15, 0.2) is 0 Å². The average molecular weight is 265 g/mol. The van der Waals surface area contributed by atoms with E-state index in [0.29, 0.717) is 51.0 Å². The van der Waals surface area contributed by atoms with Crippen LogP contribution in [0.15, 0.2) is 12.3 Å². The van der Waals surface area contributed by atoms with Crippen molar-refractivity contribution in [2.45, 2.75) is 6.42 Å². The lowest BCUT2D eigenvalue weighted by molar-refractivity contribution is -0.134. The van der Waals surface area contributed by atoms with E-state index in [1.807, 2.05) is 4.90 Å². The molecule has 0 radical (unpaired) electrons. The van der Waals surface area contributed by atoms with Crippen LogP contribution in [0.5, 0.6) is 0 Å². The first kappa shape index (κ1) is 13.5. The minimum absolute atomic E-state index is 0.152. The number of hydrogen-bond acceptors (Lipinski definition) is 6. The second-order valence-corrected chi connectivity index (χ2v) is 4.19. The summed E-state index contributed by atoms with van der Waals surface area (Å²) in [6.45, 7) is 3.22. The van der Waals surface area contributed by atoms with Crippen molar-refractivity contribution in [1.29, 1.82) is 0 Å². The summed E-state index contributed by atoms with van der Waals surface area (Å²) in [4.78, 5) is 22.0. The molecule has 2 heterocycles. The first-order valence-corrected chi connectivity index (χ1v) is 6.40. The molecule has 1 aliphatic heterocycles. The maximum Gasteiger partial charge on any atom is 0.224 e. The van der Waals surface area contributed by atoms with Crippen molar-refractivity contribution in [3.63, 3.8) is 0 Å². The Labute approximate surface area is 112 Å². The van der Waals surface area contributed by atoms with Crippen LogP contribution in [-0.4, -0.2) is 60.7 Å². The minimum Gasteiger partial charge on any atom is -0.378 e. The summed E-state index contributed by atoms with van der Waals surface area (Å²) in [5.41, 5.74) is 0. The largest absolute Gasteiger partial charge is 0.378 e. The average Bonchev–Trinajstić information content (AvgIpc) is 2.48. The third kappa shape index (κ3) is 4.06. The highest BCUT2D eigenvalue weighted by molar-refractivity contribution is 5.76. The molecule has 1 aliphatic rings. The maximum absolute atomic E-state index is 11.9.